The van der Waals surface area contributed by atoms with Gasteiger partial charge in [-0.1, -0.05) is 6.92 Å². The molecular weight excluding hydrogens is 285 g/mol. The molecule has 6 heteroatoms. The van der Waals surface area contributed by atoms with Crippen LogP contribution in [0.4, 0.5) is 0 Å². The van der Waals surface area contributed by atoms with Crippen LogP contribution < -0.4 is 5.32 Å². The molecular formula is C13H29Cl2N3O. The molecule has 1 aliphatic heterocycles. The second-order valence-electron chi connectivity index (χ2n) is 5.42. The molecule has 3 atom stereocenters. The Labute approximate surface area is 130 Å². The van der Waals surface area contributed by atoms with Crippen LogP contribution in [0.5, 0.6) is 0 Å². The molecule has 0 aliphatic carbocycles. The highest BCUT2D eigenvalue weighted by Crippen LogP contribution is 2.20. The fourth-order valence-corrected chi connectivity index (χ4v) is 2.54. The molecule has 4 nitrogen and oxygen atoms in total. The third-order valence-corrected chi connectivity index (χ3v) is 4.01. The van der Waals surface area contributed by atoms with Crippen molar-refractivity contribution in [1.29, 1.82) is 0 Å². The fourth-order valence-electron chi connectivity index (χ4n) is 2.54. The van der Waals surface area contributed by atoms with E-state index in [0.717, 1.165) is 25.9 Å². The number of amides is 1. The average molecular weight is 314 g/mol. The van der Waals surface area contributed by atoms with Gasteiger partial charge in [0.25, 0.3) is 0 Å². The summed E-state index contributed by atoms with van der Waals surface area (Å²) in [5.41, 5.74) is 0. The summed E-state index contributed by atoms with van der Waals surface area (Å²) < 4.78 is 0. The van der Waals surface area contributed by atoms with E-state index in [4.69, 9.17) is 0 Å². The normalized spacial score (nSPS) is 24.9. The second-order valence-corrected chi connectivity index (χ2v) is 5.42. The molecule has 0 aromatic carbocycles. The lowest BCUT2D eigenvalue weighted by Crippen LogP contribution is -2.49. The van der Waals surface area contributed by atoms with Gasteiger partial charge in [0.15, 0.2) is 0 Å². The number of likely N-dealkylation sites (tertiary alicyclic amines) is 1. The van der Waals surface area contributed by atoms with Crippen molar-refractivity contribution < 1.29 is 4.79 Å². The molecule has 0 bridgehead atoms. The van der Waals surface area contributed by atoms with Crippen molar-refractivity contribution in [2.75, 3.05) is 34.2 Å². The van der Waals surface area contributed by atoms with Crippen LogP contribution in [0.15, 0.2) is 0 Å². The van der Waals surface area contributed by atoms with Gasteiger partial charge in [-0.05, 0) is 33.9 Å². The first kappa shape index (κ1) is 21.3. The van der Waals surface area contributed by atoms with Gasteiger partial charge in [-0.25, -0.2) is 0 Å². The molecule has 0 aromatic rings. The number of hydrogen-bond donors (Lipinski definition) is 1. The number of carbonyl (C=O) groups excluding carboxylic acids is 1. The molecule has 0 spiro atoms. The number of piperidine rings is 1. The van der Waals surface area contributed by atoms with Crippen LogP contribution in [0.3, 0.4) is 0 Å². The third-order valence-electron chi connectivity index (χ3n) is 4.01. The van der Waals surface area contributed by atoms with Gasteiger partial charge in [0.2, 0.25) is 5.91 Å². The second kappa shape index (κ2) is 9.81. The first-order valence-electron chi connectivity index (χ1n) is 6.58. The summed E-state index contributed by atoms with van der Waals surface area (Å²) in [7, 11) is 6.00. The number of nitrogens with zero attached hydrogens (tertiary/aromatic N) is 2. The molecule has 3 unspecified atom stereocenters. The zero-order valence-electron chi connectivity index (χ0n) is 12.7. The number of halogens is 2. The molecule has 19 heavy (non-hydrogen) atoms. The minimum Gasteiger partial charge on any atom is -0.342 e. The van der Waals surface area contributed by atoms with Gasteiger partial charge < -0.3 is 15.1 Å². The number of carbonyl (C=O) groups is 1. The van der Waals surface area contributed by atoms with E-state index >= 15 is 0 Å². The lowest BCUT2D eigenvalue weighted by atomic mass is 9.96. The van der Waals surface area contributed by atoms with Crippen LogP contribution in [0.1, 0.15) is 26.7 Å². The maximum absolute atomic E-state index is 12.2. The topological polar surface area (TPSA) is 35.6 Å². The van der Waals surface area contributed by atoms with Crippen LogP contribution in [0.2, 0.25) is 0 Å². The standard InChI is InChI=1S/C13H27N3O.2ClH/c1-10(9-14-3)13(17)16(5)12-6-7-15(4)11(2)8-12;;/h10-12,14H,6-9H2,1-5H3;2*1H. The maximum atomic E-state index is 12.2. The van der Waals surface area contributed by atoms with Crippen LogP contribution in [0.25, 0.3) is 0 Å². The maximum Gasteiger partial charge on any atom is 0.226 e. The van der Waals surface area contributed by atoms with Crippen molar-refractivity contribution in [1.82, 2.24) is 15.1 Å². The van der Waals surface area contributed by atoms with E-state index < -0.39 is 0 Å². The molecule has 1 heterocycles. The summed E-state index contributed by atoms with van der Waals surface area (Å²) in [6.45, 7) is 6.07. The van der Waals surface area contributed by atoms with Gasteiger partial charge >= 0.3 is 0 Å². The van der Waals surface area contributed by atoms with E-state index in [1.165, 1.54) is 0 Å². The Kier molecular flexibility index (Phi) is 11.0. The van der Waals surface area contributed by atoms with Crippen molar-refractivity contribution in [2.24, 2.45) is 5.92 Å². The third kappa shape index (κ3) is 5.86. The Hall–Kier alpha value is -0.0300. The molecule has 0 radical (unpaired) electrons. The van der Waals surface area contributed by atoms with E-state index in [-0.39, 0.29) is 36.6 Å². The first-order chi connectivity index (χ1) is 7.97. The molecule has 1 amide bonds. The minimum atomic E-state index is 0. The Bertz CT molecular complexity index is 266. The number of hydrogen-bond acceptors (Lipinski definition) is 3. The van der Waals surface area contributed by atoms with E-state index in [9.17, 15) is 4.79 Å². The van der Waals surface area contributed by atoms with Crippen molar-refractivity contribution in [2.45, 2.75) is 38.8 Å². The van der Waals surface area contributed by atoms with Gasteiger partial charge in [-0.3, -0.25) is 4.79 Å². The van der Waals surface area contributed by atoms with E-state index in [0.29, 0.717) is 12.1 Å². The SMILES string of the molecule is CNCC(C)C(=O)N(C)C1CCN(C)C(C)C1.Cl.Cl. The molecule has 1 saturated heterocycles. The average Bonchev–Trinajstić information content (AvgIpc) is 2.31. The van der Waals surface area contributed by atoms with Crippen molar-refractivity contribution in [3.63, 3.8) is 0 Å². The lowest BCUT2D eigenvalue weighted by Gasteiger charge is -2.40. The van der Waals surface area contributed by atoms with Gasteiger partial charge in [-0.2, -0.15) is 0 Å². The van der Waals surface area contributed by atoms with Gasteiger partial charge in [0.05, 0.1) is 0 Å². The number of rotatable bonds is 4. The Morgan fingerprint density at radius 3 is 2.53 bits per heavy atom. The summed E-state index contributed by atoms with van der Waals surface area (Å²) in [6, 6.07) is 0.983. The summed E-state index contributed by atoms with van der Waals surface area (Å²) in [4.78, 5) is 16.5. The Morgan fingerprint density at radius 2 is 2.05 bits per heavy atom. The zero-order chi connectivity index (χ0) is 13.0. The molecule has 1 aliphatic rings. The zero-order valence-corrected chi connectivity index (χ0v) is 14.3. The molecule has 1 rings (SSSR count). The molecule has 0 saturated carbocycles. The predicted octanol–water partition coefficient (Wildman–Crippen LogP) is 1.63. The van der Waals surface area contributed by atoms with Crippen LogP contribution in [-0.4, -0.2) is 62.0 Å². The number of nitrogens with one attached hydrogen (secondary N) is 1. The first-order valence-corrected chi connectivity index (χ1v) is 6.58. The molecule has 1 fully saturated rings. The predicted molar refractivity (Wildman–Crippen MR) is 85.5 cm³/mol. The smallest absolute Gasteiger partial charge is 0.226 e. The lowest BCUT2D eigenvalue weighted by molar-refractivity contribution is -0.136. The van der Waals surface area contributed by atoms with E-state index in [1.807, 2.05) is 25.9 Å². The van der Waals surface area contributed by atoms with Gasteiger partial charge in [-0.15, -0.1) is 24.8 Å². The highest BCUT2D eigenvalue weighted by molar-refractivity contribution is 5.85. The summed E-state index contributed by atoms with van der Waals surface area (Å²) >= 11 is 0. The van der Waals surface area contributed by atoms with Gasteiger partial charge in [0, 0.05) is 38.1 Å². The Balaban J connectivity index is 0. The highest BCUT2D eigenvalue weighted by Gasteiger charge is 2.29. The highest BCUT2D eigenvalue weighted by atomic mass is 35.5. The van der Waals surface area contributed by atoms with E-state index in [1.54, 1.807) is 0 Å². The fraction of sp³-hybridized carbons (Fsp3) is 0.923. The van der Waals surface area contributed by atoms with Crippen LogP contribution in [-0.2, 0) is 4.79 Å². The van der Waals surface area contributed by atoms with Gasteiger partial charge in [0.1, 0.15) is 0 Å². The Morgan fingerprint density at radius 1 is 1.47 bits per heavy atom. The largest absolute Gasteiger partial charge is 0.342 e. The van der Waals surface area contributed by atoms with Crippen molar-refractivity contribution >= 4 is 30.7 Å². The summed E-state index contributed by atoms with van der Waals surface area (Å²) in [5, 5.41) is 3.07. The minimum absolute atomic E-state index is 0. The molecule has 0 aromatic heterocycles. The monoisotopic (exact) mass is 313 g/mol. The van der Waals surface area contributed by atoms with E-state index in [2.05, 4.69) is 24.2 Å². The van der Waals surface area contributed by atoms with Crippen molar-refractivity contribution in [3.8, 4) is 0 Å². The van der Waals surface area contributed by atoms with Crippen molar-refractivity contribution in [3.05, 3.63) is 0 Å². The molecule has 1 N–H and O–H groups in total. The summed E-state index contributed by atoms with van der Waals surface area (Å²) in [5.74, 6) is 0.334. The molecule has 116 valence electrons. The summed E-state index contributed by atoms with van der Waals surface area (Å²) in [6.07, 6.45) is 2.18. The van der Waals surface area contributed by atoms with Crippen LogP contribution in [0, 0.1) is 5.92 Å². The van der Waals surface area contributed by atoms with Crippen LogP contribution >= 0.6 is 24.8 Å². The quantitative estimate of drug-likeness (QED) is 0.857.